The third-order valence-corrected chi connectivity index (χ3v) is 3.46. The van der Waals surface area contributed by atoms with Gasteiger partial charge in [0.25, 0.3) is 5.91 Å². The summed E-state index contributed by atoms with van der Waals surface area (Å²) in [4.78, 5) is 25.3. The predicted molar refractivity (Wildman–Crippen MR) is 82.2 cm³/mol. The summed E-state index contributed by atoms with van der Waals surface area (Å²) in [7, 11) is 0. The Balaban J connectivity index is 1.66. The first-order chi connectivity index (χ1) is 10.6. The maximum absolute atomic E-state index is 11.7. The first-order valence-electron chi connectivity index (χ1n) is 7.46. The maximum Gasteiger partial charge on any atom is 0.257 e. The minimum Gasteiger partial charge on any atom is -0.484 e. The van der Waals surface area contributed by atoms with E-state index in [2.05, 4.69) is 10.2 Å². The molecular weight excluding hydrogens is 284 g/mol. The lowest BCUT2D eigenvalue weighted by Crippen LogP contribution is -2.42. The highest BCUT2D eigenvalue weighted by atomic mass is 16.5. The van der Waals surface area contributed by atoms with Crippen LogP contribution in [0, 0.1) is 0 Å². The van der Waals surface area contributed by atoms with Crippen molar-refractivity contribution in [1.29, 1.82) is 0 Å². The van der Waals surface area contributed by atoms with Crippen LogP contribution in [0.4, 0.5) is 0 Å². The van der Waals surface area contributed by atoms with Crippen molar-refractivity contribution >= 4 is 11.7 Å². The minimum atomic E-state index is -0.165. The fourth-order valence-corrected chi connectivity index (χ4v) is 2.18. The van der Waals surface area contributed by atoms with E-state index in [1.165, 1.54) is 6.92 Å². The highest BCUT2D eigenvalue weighted by molar-refractivity contribution is 5.94. The van der Waals surface area contributed by atoms with E-state index in [9.17, 15) is 9.59 Å². The monoisotopic (exact) mass is 306 g/mol. The number of rotatable bonds is 7. The second-order valence-electron chi connectivity index (χ2n) is 5.18. The Kier molecular flexibility index (Phi) is 6.36. The standard InChI is InChI=1S/C16H22N2O4/c1-13(19)14-3-2-4-15(11-14)22-12-16(20)17-5-6-18-7-9-21-10-8-18/h2-4,11H,5-10,12H2,1H3,(H,17,20). The number of nitrogens with zero attached hydrogens (tertiary/aromatic N) is 1. The summed E-state index contributed by atoms with van der Waals surface area (Å²) in [6, 6.07) is 6.83. The summed E-state index contributed by atoms with van der Waals surface area (Å²) in [5.74, 6) is 0.331. The summed E-state index contributed by atoms with van der Waals surface area (Å²) >= 11 is 0. The number of ether oxygens (including phenoxy) is 2. The predicted octanol–water partition coefficient (Wildman–Crippen LogP) is 0.716. The first-order valence-corrected chi connectivity index (χ1v) is 7.46. The van der Waals surface area contributed by atoms with Gasteiger partial charge >= 0.3 is 0 Å². The van der Waals surface area contributed by atoms with E-state index >= 15 is 0 Å². The minimum absolute atomic E-state index is 0.0274. The lowest BCUT2D eigenvalue weighted by Gasteiger charge is -2.26. The number of nitrogens with one attached hydrogen (secondary N) is 1. The smallest absolute Gasteiger partial charge is 0.257 e. The number of hydrogen-bond acceptors (Lipinski definition) is 5. The van der Waals surface area contributed by atoms with E-state index in [4.69, 9.17) is 9.47 Å². The highest BCUT2D eigenvalue weighted by Crippen LogP contribution is 2.13. The van der Waals surface area contributed by atoms with E-state index in [1.807, 2.05) is 0 Å². The summed E-state index contributed by atoms with van der Waals surface area (Å²) < 4.78 is 10.7. The number of ketones is 1. The molecule has 1 aromatic carbocycles. The van der Waals surface area contributed by atoms with Crippen LogP contribution in [-0.4, -0.2) is 62.6 Å². The van der Waals surface area contributed by atoms with Gasteiger partial charge in [-0.05, 0) is 19.1 Å². The van der Waals surface area contributed by atoms with Crippen LogP contribution in [0.3, 0.4) is 0 Å². The fraction of sp³-hybridized carbons (Fsp3) is 0.500. The number of morpholine rings is 1. The van der Waals surface area contributed by atoms with Crippen LogP contribution in [0.5, 0.6) is 5.75 Å². The van der Waals surface area contributed by atoms with Crippen molar-refractivity contribution in [2.24, 2.45) is 0 Å². The highest BCUT2D eigenvalue weighted by Gasteiger charge is 2.10. The van der Waals surface area contributed by atoms with Crippen LogP contribution in [0.25, 0.3) is 0 Å². The van der Waals surface area contributed by atoms with E-state index in [0.717, 1.165) is 32.8 Å². The molecule has 1 aliphatic rings. The largest absolute Gasteiger partial charge is 0.484 e. The summed E-state index contributed by atoms with van der Waals surface area (Å²) in [5.41, 5.74) is 0.574. The van der Waals surface area contributed by atoms with Gasteiger partial charge in [0.1, 0.15) is 5.75 Å². The third kappa shape index (κ3) is 5.46. The van der Waals surface area contributed by atoms with Crippen LogP contribution in [0.1, 0.15) is 17.3 Å². The number of Topliss-reactive ketones (excluding diaryl/α,β-unsaturated/α-hetero) is 1. The van der Waals surface area contributed by atoms with Crippen molar-refractivity contribution in [2.75, 3.05) is 46.0 Å². The number of benzene rings is 1. The van der Waals surface area contributed by atoms with E-state index in [0.29, 0.717) is 17.9 Å². The van der Waals surface area contributed by atoms with Crippen molar-refractivity contribution in [3.05, 3.63) is 29.8 Å². The molecule has 22 heavy (non-hydrogen) atoms. The number of hydrogen-bond donors (Lipinski definition) is 1. The average Bonchev–Trinajstić information content (AvgIpc) is 2.54. The zero-order valence-corrected chi connectivity index (χ0v) is 12.8. The fourth-order valence-electron chi connectivity index (χ4n) is 2.18. The van der Waals surface area contributed by atoms with Gasteiger partial charge in [0, 0.05) is 31.7 Å². The summed E-state index contributed by atoms with van der Waals surface area (Å²) in [6.45, 7) is 6.17. The molecule has 1 amide bonds. The maximum atomic E-state index is 11.7. The van der Waals surface area contributed by atoms with E-state index in [1.54, 1.807) is 24.3 Å². The molecule has 0 atom stereocenters. The third-order valence-electron chi connectivity index (χ3n) is 3.46. The van der Waals surface area contributed by atoms with Crippen molar-refractivity contribution in [3.63, 3.8) is 0 Å². The molecule has 0 aromatic heterocycles. The molecule has 0 spiro atoms. The van der Waals surface area contributed by atoms with E-state index in [-0.39, 0.29) is 18.3 Å². The second-order valence-corrected chi connectivity index (χ2v) is 5.18. The molecule has 1 heterocycles. The quantitative estimate of drug-likeness (QED) is 0.752. The molecule has 1 aliphatic heterocycles. The molecule has 6 heteroatoms. The molecule has 0 bridgehead atoms. The Hall–Kier alpha value is -1.92. The summed E-state index contributed by atoms with van der Waals surface area (Å²) in [5, 5.41) is 2.82. The molecule has 120 valence electrons. The van der Waals surface area contributed by atoms with Gasteiger partial charge in [-0.2, -0.15) is 0 Å². The van der Waals surface area contributed by atoms with E-state index < -0.39 is 0 Å². The molecule has 0 aliphatic carbocycles. The first kappa shape index (κ1) is 16.5. The molecule has 2 rings (SSSR count). The van der Waals surface area contributed by atoms with Gasteiger partial charge in [-0.3, -0.25) is 14.5 Å². The van der Waals surface area contributed by atoms with Crippen LogP contribution in [0.2, 0.25) is 0 Å². The normalized spacial score (nSPS) is 15.3. The molecule has 1 aromatic rings. The van der Waals surface area contributed by atoms with Gasteiger partial charge < -0.3 is 14.8 Å². The van der Waals surface area contributed by atoms with Crippen molar-refractivity contribution < 1.29 is 19.1 Å². The second kappa shape index (κ2) is 8.51. The molecule has 0 radical (unpaired) electrons. The zero-order valence-electron chi connectivity index (χ0n) is 12.8. The van der Waals surface area contributed by atoms with Crippen molar-refractivity contribution in [3.8, 4) is 5.75 Å². The lowest BCUT2D eigenvalue weighted by molar-refractivity contribution is -0.123. The van der Waals surface area contributed by atoms with Crippen molar-refractivity contribution in [1.82, 2.24) is 10.2 Å². The van der Waals surface area contributed by atoms with Gasteiger partial charge in [-0.1, -0.05) is 12.1 Å². The van der Waals surface area contributed by atoms with Gasteiger partial charge in [0.2, 0.25) is 0 Å². The zero-order chi connectivity index (χ0) is 15.8. The molecular formula is C16H22N2O4. The summed E-state index contributed by atoms with van der Waals surface area (Å²) in [6.07, 6.45) is 0. The number of carbonyl (C=O) groups excluding carboxylic acids is 2. The van der Waals surface area contributed by atoms with Crippen LogP contribution in [0.15, 0.2) is 24.3 Å². The Morgan fingerprint density at radius 1 is 1.32 bits per heavy atom. The SMILES string of the molecule is CC(=O)c1cccc(OCC(=O)NCCN2CCOCC2)c1. The molecule has 0 saturated carbocycles. The van der Waals surface area contributed by atoms with Crippen LogP contribution < -0.4 is 10.1 Å². The average molecular weight is 306 g/mol. The molecule has 1 saturated heterocycles. The van der Waals surface area contributed by atoms with Gasteiger partial charge in [0.05, 0.1) is 13.2 Å². The van der Waals surface area contributed by atoms with Gasteiger partial charge in [-0.15, -0.1) is 0 Å². The Bertz CT molecular complexity index is 513. The molecule has 6 nitrogen and oxygen atoms in total. The Morgan fingerprint density at radius 2 is 2.09 bits per heavy atom. The van der Waals surface area contributed by atoms with Gasteiger partial charge in [0.15, 0.2) is 12.4 Å². The molecule has 1 N–H and O–H groups in total. The lowest BCUT2D eigenvalue weighted by atomic mass is 10.1. The topological polar surface area (TPSA) is 67.9 Å². The van der Waals surface area contributed by atoms with Crippen LogP contribution >= 0.6 is 0 Å². The van der Waals surface area contributed by atoms with Crippen LogP contribution in [-0.2, 0) is 9.53 Å². The van der Waals surface area contributed by atoms with Gasteiger partial charge in [-0.25, -0.2) is 0 Å². The molecule has 1 fully saturated rings. The number of carbonyl (C=O) groups is 2. The Labute approximate surface area is 130 Å². The van der Waals surface area contributed by atoms with Crippen molar-refractivity contribution in [2.45, 2.75) is 6.92 Å². The Morgan fingerprint density at radius 3 is 2.82 bits per heavy atom. The molecule has 0 unspecified atom stereocenters. The number of amides is 1.